The lowest BCUT2D eigenvalue weighted by Crippen LogP contribution is -2.49. The van der Waals surface area contributed by atoms with Crippen LogP contribution in [0, 0.1) is 17.0 Å². The van der Waals surface area contributed by atoms with Crippen molar-refractivity contribution >= 4 is 17.6 Å². The number of nitrogens with zero attached hydrogens (tertiary/aromatic N) is 3. The number of carboxylic acid groups (broad SMARTS) is 1. The first-order chi connectivity index (χ1) is 12.8. The summed E-state index contributed by atoms with van der Waals surface area (Å²) >= 11 is 0. The Morgan fingerprint density at radius 3 is 2.41 bits per heavy atom. The molecule has 1 fully saturated rings. The van der Waals surface area contributed by atoms with Gasteiger partial charge in [-0.25, -0.2) is 0 Å². The Bertz CT molecular complexity index is 889. The Kier molecular flexibility index (Phi) is 4.89. The van der Waals surface area contributed by atoms with Gasteiger partial charge in [0, 0.05) is 19.2 Å². The fourth-order valence-corrected chi connectivity index (χ4v) is 3.48. The first kappa shape index (κ1) is 18.5. The van der Waals surface area contributed by atoms with E-state index < -0.39 is 16.3 Å². The van der Waals surface area contributed by atoms with Crippen molar-refractivity contribution < 1.29 is 19.6 Å². The lowest BCUT2D eigenvalue weighted by atomic mass is 9.72. The van der Waals surface area contributed by atoms with E-state index in [9.17, 15) is 24.8 Å². The molecule has 2 aromatic rings. The van der Waals surface area contributed by atoms with Crippen molar-refractivity contribution in [1.29, 1.82) is 0 Å². The maximum atomic E-state index is 12.8. The lowest BCUT2D eigenvalue weighted by molar-refractivity contribution is -0.385. The van der Waals surface area contributed by atoms with Crippen molar-refractivity contribution in [1.82, 2.24) is 9.88 Å². The Morgan fingerprint density at radius 1 is 1.22 bits per heavy atom. The van der Waals surface area contributed by atoms with Crippen LogP contribution in [0.15, 0.2) is 42.6 Å². The van der Waals surface area contributed by atoms with Crippen molar-refractivity contribution in [3.05, 3.63) is 69.5 Å². The minimum Gasteiger partial charge on any atom is -0.481 e. The molecule has 0 aliphatic carbocycles. The number of piperidine rings is 1. The minimum absolute atomic E-state index is 0.173. The highest BCUT2D eigenvalue weighted by Gasteiger charge is 2.44. The molecule has 0 unspecified atom stereocenters. The molecule has 2 heterocycles. The largest absolute Gasteiger partial charge is 0.481 e. The van der Waals surface area contributed by atoms with E-state index in [0.717, 1.165) is 11.8 Å². The molecule has 8 heteroatoms. The molecule has 140 valence electrons. The van der Waals surface area contributed by atoms with Gasteiger partial charge in [0.25, 0.3) is 11.6 Å². The second-order valence-electron chi connectivity index (χ2n) is 6.63. The molecule has 1 saturated heterocycles. The summed E-state index contributed by atoms with van der Waals surface area (Å²) in [4.78, 5) is 40.7. The molecule has 0 atom stereocenters. The summed E-state index contributed by atoms with van der Waals surface area (Å²) in [6.07, 6.45) is 1.67. The standard InChI is InChI=1S/C19H19N3O5/c1-13-16(11-15(12-20-13)22(26)27)17(23)21-9-7-19(8-10-21,18(24)25)14-5-3-2-4-6-14/h2-6,11-12H,7-10H2,1H3,(H,24,25). The van der Waals surface area contributed by atoms with Crippen molar-refractivity contribution in [2.24, 2.45) is 0 Å². The maximum absolute atomic E-state index is 12.8. The zero-order chi connectivity index (χ0) is 19.6. The molecule has 1 amide bonds. The zero-order valence-corrected chi connectivity index (χ0v) is 14.8. The quantitative estimate of drug-likeness (QED) is 0.654. The molecular formula is C19H19N3O5. The number of aromatic nitrogens is 1. The van der Waals surface area contributed by atoms with Gasteiger partial charge >= 0.3 is 5.97 Å². The Labute approximate surface area is 155 Å². The molecule has 1 aliphatic heterocycles. The Hall–Kier alpha value is -3.29. The first-order valence-corrected chi connectivity index (χ1v) is 8.54. The van der Waals surface area contributed by atoms with Gasteiger partial charge in [-0.15, -0.1) is 0 Å². The topological polar surface area (TPSA) is 114 Å². The fourth-order valence-electron chi connectivity index (χ4n) is 3.48. The summed E-state index contributed by atoms with van der Waals surface area (Å²) in [6, 6.07) is 10.2. The molecule has 0 saturated carbocycles. The number of likely N-dealkylation sites (tertiary alicyclic amines) is 1. The van der Waals surface area contributed by atoms with E-state index in [4.69, 9.17) is 0 Å². The lowest BCUT2D eigenvalue weighted by Gasteiger charge is -2.39. The number of pyridine rings is 1. The van der Waals surface area contributed by atoms with Crippen molar-refractivity contribution in [3.63, 3.8) is 0 Å². The second-order valence-corrected chi connectivity index (χ2v) is 6.63. The van der Waals surface area contributed by atoms with Gasteiger partial charge in [-0.1, -0.05) is 30.3 Å². The van der Waals surface area contributed by atoms with Crippen molar-refractivity contribution in [3.8, 4) is 0 Å². The Balaban J connectivity index is 1.83. The Morgan fingerprint density at radius 2 is 1.85 bits per heavy atom. The number of benzene rings is 1. The third-order valence-corrected chi connectivity index (χ3v) is 5.15. The van der Waals surface area contributed by atoms with Gasteiger partial charge in [0.1, 0.15) is 6.20 Å². The summed E-state index contributed by atoms with van der Waals surface area (Å²) < 4.78 is 0. The van der Waals surface area contributed by atoms with E-state index in [0.29, 0.717) is 5.69 Å². The molecule has 1 N–H and O–H groups in total. The van der Waals surface area contributed by atoms with Crippen LogP contribution in [0.1, 0.15) is 34.5 Å². The molecule has 0 spiro atoms. The highest BCUT2D eigenvalue weighted by Crippen LogP contribution is 2.36. The van der Waals surface area contributed by atoms with Crippen LogP contribution in [0.25, 0.3) is 0 Å². The van der Waals surface area contributed by atoms with Crippen LogP contribution < -0.4 is 0 Å². The number of hydrogen-bond donors (Lipinski definition) is 1. The minimum atomic E-state index is -1.03. The number of nitro groups is 1. The van der Waals surface area contributed by atoms with Gasteiger partial charge in [0.15, 0.2) is 0 Å². The summed E-state index contributed by atoms with van der Waals surface area (Å²) in [5.41, 5.74) is 0.0204. The number of carboxylic acids is 1. The smallest absolute Gasteiger partial charge is 0.314 e. The fraction of sp³-hybridized carbons (Fsp3) is 0.316. The maximum Gasteiger partial charge on any atom is 0.314 e. The number of rotatable bonds is 4. The summed E-state index contributed by atoms with van der Waals surface area (Å²) in [6.45, 7) is 2.12. The highest BCUT2D eigenvalue weighted by molar-refractivity contribution is 5.96. The van der Waals surface area contributed by atoms with Gasteiger partial charge < -0.3 is 10.0 Å². The van der Waals surface area contributed by atoms with Gasteiger partial charge in [0.2, 0.25) is 0 Å². The average Bonchev–Trinajstić information content (AvgIpc) is 2.68. The third kappa shape index (κ3) is 3.38. The number of aliphatic carboxylic acids is 1. The number of hydrogen-bond acceptors (Lipinski definition) is 5. The molecule has 8 nitrogen and oxygen atoms in total. The number of carbonyl (C=O) groups is 2. The van der Waals surface area contributed by atoms with Gasteiger partial charge in [0.05, 0.1) is 21.6 Å². The van der Waals surface area contributed by atoms with E-state index in [1.807, 2.05) is 6.07 Å². The predicted octanol–water partition coefficient (Wildman–Crippen LogP) is 2.56. The van der Waals surface area contributed by atoms with Crippen LogP contribution in [0.3, 0.4) is 0 Å². The van der Waals surface area contributed by atoms with E-state index >= 15 is 0 Å². The van der Waals surface area contributed by atoms with Crippen LogP contribution >= 0.6 is 0 Å². The number of amides is 1. The first-order valence-electron chi connectivity index (χ1n) is 8.54. The SMILES string of the molecule is Cc1ncc([N+](=O)[O-])cc1C(=O)N1CCC(C(=O)O)(c2ccccc2)CC1. The summed E-state index contributed by atoms with van der Waals surface area (Å²) in [5, 5.41) is 20.8. The molecule has 1 aromatic carbocycles. The van der Waals surface area contributed by atoms with Gasteiger partial charge in [-0.05, 0) is 25.3 Å². The monoisotopic (exact) mass is 369 g/mol. The summed E-state index contributed by atoms with van der Waals surface area (Å²) in [7, 11) is 0. The van der Waals surface area contributed by atoms with Crippen molar-refractivity contribution in [2.45, 2.75) is 25.2 Å². The normalized spacial score (nSPS) is 16.0. The van der Waals surface area contributed by atoms with E-state index in [-0.39, 0.29) is 43.1 Å². The zero-order valence-electron chi connectivity index (χ0n) is 14.8. The van der Waals surface area contributed by atoms with Crippen LogP contribution in [0.4, 0.5) is 5.69 Å². The van der Waals surface area contributed by atoms with Crippen LogP contribution in [-0.2, 0) is 10.2 Å². The highest BCUT2D eigenvalue weighted by atomic mass is 16.6. The van der Waals surface area contributed by atoms with E-state index in [2.05, 4.69) is 4.98 Å². The van der Waals surface area contributed by atoms with Gasteiger partial charge in [-0.2, -0.15) is 0 Å². The van der Waals surface area contributed by atoms with Crippen LogP contribution in [0.2, 0.25) is 0 Å². The predicted molar refractivity (Wildman–Crippen MR) is 96.5 cm³/mol. The summed E-state index contributed by atoms with van der Waals surface area (Å²) in [5.74, 6) is -1.27. The van der Waals surface area contributed by atoms with Crippen molar-refractivity contribution in [2.75, 3.05) is 13.1 Å². The molecule has 1 aliphatic rings. The van der Waals surface area contributed by atoms with E-state index in [1.54, 1.807) is 31.2 Å². The van der Waals surface area contributed by atoms with Crippen LogP contribution in [0.5, 0.6) is 0 Å². The average molecular weight is 369 g/mol. The third-order valence-electron chi connectivity index (χ3n) is 5.15. The second kappa shape index (κ2) is 7.14. The molecule has 1 aromatic heterocycles. The molecule has 27 heavy (non-hydrogen) atoms. The molecule has 0 bridgehead atoms. The van der Waals surface area contributed by atoms with E-state index in [1.165, 1.54) is 11.0 Å². The molecular weight excluding hydrogens is 350 g/mol. The van der Waals surface area contributed by atoms with Gasteiger partial charge in [-0.3, -0.25) is 24.7 Å². The number of aryl methyl sites for hydroxylation is 1. The molecule has 0 radical (unpaired) electrons. The van der Waals surface area contributed by atoms with Crippen LogP contribution in [-0.4, -0.2) is 44.9 Å². The number of carbonyl (C=O) groups excluding carboxylic acids is 1. The molecule has 3 rings (SSSR count).